The van der Waals surface area contributed by atoms with Gasteiger partial charge in [-0.25, -0.2) is 4.79 Å². The average molecular weight is 394 g/mol. The number of nitrogens with one attached hydrogen (secondary N) is 2. The van der Waals surface area contributed by atoms with Crippen LogP contribution in [0.4, 0.5) is 4.79 Å². The van der Waals surface area contributed by atoms with Gasteiger partial charge in [-0.2, -0.15) is 5.10 Å². The molecule has 152 valence electrons. The van der Waals surface area contributed by atoms with Gasteiger partial charge in [-0.1, -0.05) is 13.0 Å². The molecule has 3 rings (SSSR count). The van der Waals surface area contributed by atoms with Gasteiger partial charge < -0.3 is 10.1 Å². The number of pyridine rings is 1. The lowest BCUT2D eigenvalue weighted by Crippen LogP contribution is -2.35. The summed E-state index contributed by atoms with van der Waals surface area (Å²) in [5.74, 6) is 0. The van der Waals surface area contributed by atoms with E-state index in [9.17, 15) is 9.59 Å². The van der Waals surface area contributed by atoms with Crippen LogP contribution in [0.5, 0.6) is 0 Å². The molecular formula is C22H26N4O3. The number of hydrogen-bond acceptors (Lipinski definition) is 5. The first kappa shape index (κ1) is 20.5. The molecule has 2 aromatic heterocycles. The number of aromatic nitrogens is 3. The zero-order valence-electron chi connectivity index (χ0n) is 17.4. The number of aromatic amines is 1. The van der Waals surface area contributed by atoms with Crippen molar-refractivity contribution in [3.8, 4) is 11.1 Å². The van der Waals surface area contributed by atoms with E-state index in [1.54, 1.807) is 12.4 Å². The van der Waals surface area contributed by atoms with Crippen LogP contribution in [0.2, 0.25) is 0 Å². The van der Waals surface area contributed by atoms with Gasteiger partial charge >= 0.3 is 6.09 Å². The van der Waals surface area contributed by atoms with Gasteiger partial charge in [0.25, 0.3) is 0 Å². The van der Waals surface area contributed by atoms with Crippen molar-refractivity contribution in [3.05, 3.63) is 47.4 Å². The third kappa shape index (κ3) is 4.45. The molecule has 3 aromatic rings. The number of amides is 1. The zero-order chi connectivity index (χ0) is 21.2. The molecule has 0 fully saturated rings. The molecule has 7 nitrogen and oxygen atoms in total. The molecule has 1 atom stereocenters. The van der Waals surface area contributed by atoms with E-state index in [1.165, 1.54) is 0 Å². The molecule has 7 heteroatoms. The molecule has 0 saturated heterocycles. The van der Waals surface area contributed by atoms with E-state index in [4.69, 9.17) is 4.74 Å². The van der Waals surface area contributed by atoms with Crippen LogP contribution in [0.25, 0.3) is 22.0 Å². The normalized spacial score (nSPS) is 12.6. The number of rotatable bonds is 5. The summed E-state index contributed by atoms with van der Waals surface area (Å²) in [7, 11) is 0. The van der Waals surface area contributed by atoms with Gasteiger partial charge in [0, 0.05) is 23.3 Å². The summed E-state index contributed by atoms with van der Waals surface area (Å²) >= 11 is 0. The smallest absolute Gasteiger partial charge is 0.408 e. The topological polar surface area (TPSA) is 97.0 Å². The Kier molecular flexibility index (Phi) is 5.68. The van der Waals surface area contributed by atoms with E-state index in [2.05, 4.69) is 20.5 Å². The predicted octanol–water partition coefficient (Wildman–Crippen LogP) is 4.72. The number of carbonyl (C=O) groups excluding carboxylic acids is 2. The minimum atomic E-state index is -0.562. The van der Waals surface area contributed by atoms with Gasteiger partial charge in [0.2, 0.25) is 0 Å². The van der Waals surface area contributed by atoms with Crippen molar-refractivity contribution in [2.24, 2.45) is 0 Å². The lowest BCUT2D eigenvalue weighted by atomic mass is 9.94. The Morgan fingerprint density at radius 2 is 2.07 bits per heavy atom. The first-order chi connectivity index (χ1) is 13.7. The Morgan fingerprint density at radius 3 is 2.72 bits per heavy atom. The Morgan fingerprint density at radius 1 is 1.31 bits per heavy atom. The maximum absolute atomic E-state index is 12.3. The molecule has 0 aliphatic rings. The Hall–Kier alpha value is -3.22. The van der Waals surface area contributed by atoms with E-state index in [-0.39, 0.29) is 6.04 Å². The molecule has 29 heavy (non-hydrogen) atoms. The Bertz CT molecular complexity index is 1050. The van der Waals surface area contributed by atoms with Crippen molar-refractivity contribution in [2.45, 2.75) is 52.7 Å². The summed E-state index contributed by atoms with van der Waals surface area (Å²) in [6, 6.07) is 5.53. The molecule has 0 radical (unpaired) electrons. The second-order valence-corrected chi connectivity index (χ2v) is 8.00. The van der Waals surface area contributed by atoms with Crippen LogP contribution in [0.15, 0.2) is 30.6 Å². The molecule has 2 heterocycles. The highest BCUT2D eigenvalue weighted by Gasteiger charge is 2.22. The molecule has 2 N–H and O–H groups in total. The van der Waals surface area contributed by atoms with Gasteiger partial charge in [-0.15, -0.1) is 0 Å². The number of fused-ring (bicyclic) bond motifs is 1. The van der Waals surface area contributed by atoms with E-state index in [0.29, 0.717) is 12.1 Å². The van der Waals surface area contributed by atoms with Gasteiger partial charge in [-0.3, -0.25) is 14.9 Å². The number of H-pyrrole nitrogens is 1. The molecule has 1 amide bonds. The zero-order valence-corrected chi connectivity index (χ0v) is 17.4. The molecule has 1 unspecified atom stereocenters. The number of benzene rings is 1. The van der Waals surface area contributed by atoms with Crippen molar-refractivity contribution in [3.63, 3.8) is 0 Å². The molecule has 0 saturated carbocycles. The second-order valence-electron chi connectivity index (χ2n) is 8.00. The maximum atomic E-state index is 12.3. The minimum Gasteiger partial charge on any atom is -0.444 e. The highest BCUT2D eigenvalue weighted by Crippen LogP contribution is 2.31. The number of carbonyl (C=O) groups is 2. The first-order valence-electron chi connectivity index (χ1n) is 9.61. The van der Waals surface area contributed by atoms with Crippen LogP contribution in [0, 0.1) is 6.92 Å². The van der Waals surface area contributed by atoms with Crippen molar-refractivity contribution in [2.75, 3.05) is 0 Å². The summed E-state index contributed by atoms with van der Waals surface area (Å²) < 4.78 is 5.40. The molecule has 0 aliphatic carbocycles. The number of alkyl carbamates (subject to hydrolysis) is 1. The van der Waals surface area contributed by atoms with Gasteiger partial charge in [0.05, 0.1) is 11.6 Å². The van der Waals surface area contributed by atoms with Gasteiger partial charge in [-0.05, 0) is 62.9 Å². The summed E-state index contributed by atoms with van der Waals surface area (Å²) in [5.41, 5.74) is 4.43. The fourth-order valence-electron chi connectivity index (χ4n) is 3.32. The quantitative estimate of drug-likeness (QED) is 0.610. The van der Waals surface area contributed by atoms with Gasteiger partial charge in [0.15, 0.2) is 6.29 Å². The van der Waals surface area contributed by atoms with Crippen LogP contribution >= 0.6 is 0 Å². The summed E-state index contributed by atoms with van der Waals surface area (Å²) in [4.78, 5) is 27.9. The third-order valence-corrected chi connectivity index (χ3v) is 4.74. The van der Waals surface area contributed by atoms with Crippen LogP contribution in [0.3, 0.4) is 0 Å². The number of nitrogens with zero attached hydrogens (tertiary/aromatic N) is 2. The molecule has 0 bridgehead atoms. The van der Waals surface area contributed by atoms with Crippen LogP contribution in [-0.2, 0) is 4.74 Å². The standard InChI is InChI=1S/C22H26N4O3/c1-6-18(24-21(28)29-22(3,4)5)17-11-23-10-16(13(17)2)14-7-8-19-15(9-14)20(12-27)26-25-19/h7-12,18H,6H2,1-5H3,(H,24,28)(H,25,26). The van der Waals surface area contributed by atoms with E-state index in [1.807, 2.05) is 52.8 Å². The van der Waals surface area contributed by atoms with Crippen LogP contribution in [0.1, 0.15) is 61.8 Å². The average Bonchev–Trinajstić information content (AvgIpc) is 3.07. The maximum Gasteiger partial charge on any atom is 0.408 e. The number of hydrogen-bond donors (Lipinski definition) is 2. The SMILES string of the molecule is CCC(NC(=O)OC(C)(C)C)c1cncc(-c2ccc3n[nH]c(C=O)c3c2)c1C. The van der Waals surface area contributed by atoms with E-state index >= 15 is 0 Å². The van der Waals surface area contributed by atoms with Gasteiger partial charge in [0.1, 0.15) is 11.3 Å². The largest absolute Gasteiger partial charge is 0.444 e. The Labute approximate surface area is 169 Å². The molecule has 1 aromatic carbocycles. The van der Waals surface area contributed by atoms with E-state index in [0.717, 1.165) is 39.4 Å². The van der Waals surface area contributed by atoms with Crippen LogP contribution in [-0.4, -0.2) is 33.2 Å². The minimum absolute atomic E-state index is 0.222. The van der Waals surface area contributed by atoms with Crippen LogP contribution < -0.4 is 5.32 Å². The van der Waals surface area contributed by atoms with Crippen molar-refractivity contribution in [1.29, 1.82) is 0 Å². The lowest BCUT2D eigenvalue weighted by molar-refractivity contribution is 0.0502. The summed E-state index contributed by atoms with van der Waals surface area (Å²) in [6.45, 7) is 9.51. The first-order valence-corrected chi connectivity index (χ1v) is 9.61. The molecular weight excluding hydrogens is 368 g/mol. The Balaban J connectivity index is 1.96. The fourth-order valence-corrected chi connectivity index (χ4v) is 3.32. The lowest BCUT2D eigenvalue weighted by Gasteiger charge is -2.24. The summed E-state index contributed by atoms with van der Waals surface area (Å²) in [6.07, 6.45) is 4.57. The molecule has 0 spiro atoms. The highest BCUT2D eigenvalue weighted by molar-refractivity contribution is 5.97. The van der Waals surface area contributed by atoms with E-state index < -0.39 is 11.7 Å². The molecule has 0 aliphatic heterocycles. The predicted molar refractivity (Wildman–Crippen MR) is 112 cm³/mol. The highest BCUT2D eigenvalue weighted by atomic mass is 16.6. The third-order valence-electron chi connectivity index (χ3n) is 4.74. The summed E-state index contributed by atoms with van der Waals surface area (Å²) in [5, 5.41) is 10.6. The second kappa shape index (κ2) is 8.03. The fraction of sp³-hybridized carbons (Fsp3) is 0.364. The monoisotopic (exact) mass is 394 g/mol. The number of ether oxygens (including phenoxy) is 1. The number of aldehydes is 1. The van der Waals surface area contributed by atoms with Crippen molar-refractivity contribution >= 4 is 23.3 Å². The van der Waals surface area contributed by atoms with Crippen molar-refractivity contribution < 1.29 is 14.3 Å². The van der Waals surface area contributed by atoms with Crippen molar-refractivity contribution in [1.82, 2.24) is 20.5 Å².